The fourth-order valence-corrected chi connectivity index (χ4v) is 2.55. The van der Waals surface area contributed by atoms with E-state index in [0.717, 1.165) is 25.3 Å². The van der Waals surface area contributed by atoms with Crippen molar-refractivity contribution in [1.29, 1.82) is 0 Å². The van der Waals surface area contributed by atoms with E-state index in [1.54, 1.807) is 6.20 Å². The van der Waals surface area contributed by atoms with E-state index in [2.05, 4.69) is 9.88 Å². The zero-order valence-electron chi connectivity index (χ0n) is 10.3. The van der Waals surface area contributed by atoms with E-state index in [4.69, 9.17) is 11.6 Å². The Morgan fingerprint density at radius 2 is 2.29 bits per heavy atom. The van der Waals surface area contributed by atoms with Gasteiger partial charge in [0.1, 0.15) is 11.0 Å². The van der Waals surface area contributed by atoms with Crippen LogP contribution in [0.25, 0.3) is 0 Å². The molecule has 1 aliphatic rings. The first-order valence-corrected chi connectivity index (χ1v) is 6.61. The molecule has 4 nitrogen and oxygen atoms in total. The minimum atomic E-state index is 0.234. The zero-order chi connectivity index (χ0) is 12.3. The van der Waals surface area contributed by atoms with Gasteiger partial charge in [-0.25, -0.2) is 4.98 Å². The molecular formula is C12H20ClN3O. The molecular weight excluding hydrogens is 238 g/mol. The molecule has 2 heterocycles. The highest BCUT2D eigenvalue weighted by molar-refractivity contribution is 6.29. The van der Waals surface area contributed by atoms with Crippen LogP contribution in [-0.2, 0) is 13.6 Å². The molecule has 1 N–H and O–H groups in total. The molecule has 0 aromatic carbocycles. The Hall–Kier alpha value is -0.580. The number of likely N-dealkylation sites (tertiary alicyclic amines) is 1. The molecule has 1 fully saturated rings. The SMILES string of the molecule is Cn1c(Cl)cnc1CN1CCCCCC1CO. The maximum absolute atomic E-state index is 9.44. The zero-order valence-corrected chi connectivity index (χ0v) is 11.0. The van der Waals surface area contributed by atoms with Gasteiger partial charge >= 0.3 is 0 Å². The Balaban J connectivity index is 2.07. The van der Waals surface area contributed by atoms with Crippen molar-refractivity contribution in [3.8, 4) is 0 Å². The molecule has 0 amide bonds. The number of aliphatic hydroxyl groups is 1. The minimum absolute atomic E-state index is 0.234. The lowest BCUT2D eigenvalue weighted by Crippen LogP contribution is -2.37. The Morgan fingerprint density at radius 1 is 1.47 bits per heavy atom. The Morgan fingerprint density at radius 3 is 2.94 bits per heavy atom. The second kappa shape index (κ2) is 5.85. The van der Waals surface area contributed by atoms with Gasteiger partial charge in [0.25, 0.3) is 0 Å². The molecule has 0 radical (unpaired) electrons. The molecule has 1 atom stereocenters. The number of nitrogens with zero attached hydrogens (tertiary/aromatic N) is 3. The second-order valence-electron chi connectivity index (χ2n) is 4.71. The maximum atomic E-state index is 9.44. The molecule has 0 saturated carbocycles. The normalized spacial score (nSPS) is 22.6. The van der Waals surface area contributed by atoms with Gasteiger partial charge in [-0.15, -0.1) is 0 Å². The van der Waals surface area contributed by atoms with E-state index < -0.39 is 0 Å². The van der Waals surface area contributed by atoms with Crippen LogP contribution in [-0.4, -0.2) is 38.8 Å². The summed E-state index contributed by atoms with van der Waals surface area (Å²) in [5, 5.41) is 10.1. The van der Waals surface area contributed by atoms with Crippen LogP contribution in [0.3, 0.4) is 0 Å². The van der Waals surface area contributed by atoms with Crippen molar-refractivity contribution in [2.75, 3.05) is 13.2 Å². The number of halogens is 1. The molecule has 17 heavy (non-hydrogen) atoms. The molecule has 0 spiro atoms. The molecule has 2 rings (SSSR count). The van der Waals surface area contributed by atoms with Crippen molar-refractivity contribution in [2.45, 2.75) is 38.3 Å². The number of aliphatic hydroxyl groups excluding tert-OH is 1. The van der Waals surface area contributed by atoms with Crippen LogP contribution in [0.5, 0.6) is 0 Å². The molecule has 0 aliphatic carbocycles. The first-order valence-electron chi connectivity index (χ1n) is 6.23. The van der Waals surface area contributed by atoms with E-state index in [1.165, 1.54) is 19.3 Å². The van der Waals surface area contributed by atoms with Crippen molar-refractivity contribution in [3.05, 3.63) is 17.2 Å². The van der Waals surface area contributed by atoms with Gasteiger partial charge in [0.2, 0.25) is 0 Å². The predicted molar refractivity (Wildman–Crippen MR) is 68.0 cm³/mol. The lowest BCUT2D eigenvalue weighted by molar-refractivity contribution is 0.115. The van der Waals surface area contributed by atoms with Crippen molar-refractivity contribution < 1.29 is 5.11 Å². The number of aromatic nitrogens is 2. The summed E-state index contributed by atoms with van der Waals surface area (Å²) in [6, 6.07) is 0.271. The average Bonchev–Trinajstić information content (AvgIpc) is 2.57. The van der Waals surface area contributed by atoms with Crippen molar-refractivity contribution >= 4 is 11.6 Å². The standard InChI is InChI=1S/C12H20ClN3O/c1-15-11(13)7-14-12(15)8-16-6-4-2-3-5-10(16)9-17/h7,10,17H,2-6,8-9H2,1H3. The summed E-state index contributed by atoms with van der Waals surface area (Å²) in [7, 11) is 1.93. The van der Waals surface area contributed by atoms with Gasteiger partial charge < -0.3 is 9.67 Å². The number of hydrogen-bond donors (Lipinski definition) is 1. The summed E-state index contributed by atoms with van der Waals surface area (Å²) in [5.74, 6) is 0.968. The monoisotopic (exact) mass is 257 g/mol. The first-order chi connectivity index (χ1) is 8.22. The quantitative estimate of drug-likeness (QED) is 0.898. The summed E-state index contributed by atoms with van der Waals surface area (Å²) < 4.78 is 1.90. The van der Waals surface area contributed by atoms with Crippen molar-refractivity contribution in [2.24, 2.45) is 7.05 Å². The van der Waals surface area contributed by atoms with Crippen LogP contribution in [0, 0.1) is 0 Å². The van der Waals surface area contributed by atoms with Crippen LogP contribution < -0.4 is 0 Å². The van der Waals surface area contributed by atoms with Crippen molar-refractivity contribution in [1.82, 2.24) is 14.5 Å². The summed E-state index contributed by atoms with van der Waals surface area (Å²) in [5.41, 5.74) is 0. The van der Waals surface area contributed by atoms with Crippen LogP contribution in [0.4, 0.5) is 0 Å². The fourth-order valence-electron chi connectivity index (χ4n) is 2.40. The Kier molecular flexibility index (Phi) is 4.42. The molecule has 1 aromatic heterocycles. The van der Waals surface area contributed by atoms with Gasteiger partial charge in [-0.1, -0.05) is 24.4 Å². The highest BCUT2D eigenvalue weighted by atomic mass is 35.5. The molecule has 1 aromatic rings. The molecule has 0 bridgehead atoms. The molecule has 1 saturated heterocycles. The van der Waals surface area contributed by atoms with Gasteiger partial charge in [0, 0.05) is 13.1 Å². The average molecular weight is 258 g/mol. The highest BCUT2D eigenvalue weighted by Gasteiger charge is 2.21. The largest absolute Gasteiger partial charge is 0.395 e. The van der Waals surface area contributed by atoms with Crippen LogP contribution in [0.2, 0.25) is 5.15 Å². The van der Waals surface area contributed by atoms with E-state index in [9.17, 15) is 5.11 Å². The molecule has 5 heteroatoms. The first kappa shape index (κ1) is 12.9. The third kappa shape index (κ3) is 3.00. The number of imidazole rings is 1. The molecule has 96 valence electrons. The van der Waals surface area contributed by atoms with Gasteiger partial charge in [0.15, 0.2) is 0 Å². The van der Waals surface area contributed by atoms with Crippen LogP contribution in [0.1, 0.15) is 31.5 Å². The second-order valence-corrected chi connectivity index (χ2v) is 5.10. The Bertz CT molecular complexity index is 367. The highest BCUT2D eigenvalue weighted by Crippen LogP contribution is 2.19. The van der Waals surface area contributed by atoms with Crippen LogP contribution >= 0.6 is 11.6 Å². The van der Waals surface area contributed by atoms with Gasteiger partial charge in [-0.2, -0.15) is 0 Å². The lowest BCUT2D eigenvalue weighted by Gasteiger charge is -2.27. The smallest absolute Gasteiger partial charge is 0.128 e. The van der Waals surface area contributed by atoms with E-state index in [0.29, 0.717) is 5.15 Å². The van der Waals surface area contributed by atoms with E-state index >= 15 is 0 Å². The van der Waals surface area contributed by atoms with Gasteiger partial charge in [0.05, 0.1) is 19.3 Å². The van der Waals surface area contributed by atoms with E-state index in [1.807, 2.05) is 11.6 Å². The van der Waals surface area contributed by atoms with Gasteiger partial charge in [-0.3, -0.25) is 4.90 Å². The van der Waals surface area contributed by atoms with E-state index in [-0.39, 0.29) is 12.6 Å². The molecule has 1 unspecified atom stereocenters. The molecule has 1 aliphatic heterocycles. The summed E-state index contributed by atoms with van der Waals surface area (Å²) in [4.78, 5) is 6.64. The number of rotatable bonds is 3. The Labute approximate surface area is 107 Å². The minimum Gasteiger partial charge on any atom is -0.395 e. The van der Waals surface area contributed by atoms with Gasteiger partial charge in [-0.05, 0) is 19.4 Å². The summed E-state index contributed by atoms with van der Waals surface area (Å²) in [6.45, 7) is 2.04. The topological polar surface area (TPSA) is 41.3 Å². The van der Waals surface area contributed by atoms with Crippen LogP contribution in [0.15, 0.2) is 6.20 Å². The third-order valence-electron chi connectivity index (χ3n) is 3.58. The third-order valence-corrected chi connectivity index (χ3v) is 3.93. The summed E-state index contributed by atoms with van der Waals surface area (Å²) in [6.07, 6.45) is 6.43. The number of hydrogen-bond acceptors (Lipinski definition) is 3. The fraction of sp³-hybridized carbons (Fsp3) is 0.750. The summed E-state index contributed by atoms with van der Waals surface area (Å²) >= 11 is 5.98. The lowest BCUT2D eigenvalue weighted by atomic mass is 10.1. The maximum Gasteiger partial charge on any atom is 0.128 e. The predicted octanol–water partition coefficient (Wildman–Crippen LogP) is 1.81. The van der Waals surface area contributed by atoms with Crippen molar-refractivity contribution in [3.63, 3.8) is 0 Å².